The van der Waals surface area contributed by atoms with Crippen LogP contribution in [0.3, 0.4) is 0 Å². The molecular formula is C29H35ClN2O5. The van der Waals surface area contributed by atoms with Crippen molar-refractivity contribution in [3.8, 4) is 17.5 Å². The van der Waals surface area contributed by atoms with E-state index in [0.717, 1.165) is 50.1 Å². The normalized spacial score (nSPS) is 18.6. The van der Waals surface area contributed by atoms with Gasteiger partial charge in [-0.25, -0.2) is 0 Å². The molecule has 1 saturated carbocycles. The van der Waals surface area contributed by atoms with Crippen molar-refractivity contribution >= 4 is 17.6 Å². The van der Waals surface area contributed by atoms with E-state index in [2.05, 4.69) is 36.1 Å². The summed E-state index contributed by atoms with van der Waals surface area (Å²) in [6.07, 6.45) is 3.35. The summed E-state index contributed by atoms with van der Waals surface area (Å²) < 4.78 is 7.19. The summed E-state index contributed by atoms with van der Waals surface area (Å²) in [5, 5.41) is 29.6. The number of aliphatic carboxylic acids is 1. The van der Waals surface area contributed by atoms with Crippen LogP contribution in [0.1, 0.15) is 49.8 Å². The highest BCUT2D eigenvalue weighted by atomic mass is 35.5. The Bertz CT molecular complexity index is 1130. The maximum absolute atomic E-state index is 11.4. The second-order valence-electron chi connectivity index (χ2n) is 9.91. The van der Waals surface area contributed by atoms with Crippen LogP contribution < -0.4 is 4.74 Å². The van der Waals surface area contributed by atoms with E-state index in [1.807, 2.05) is 24.3 Å². The summed E-state index contributed by atoms with van der Waals surface area (Å²) in [7, 11) is 0. The van der Waals surface area contributed by atoms with E-state index < -0.39 is 5.97 Å². The Balaban J connectivity index is 1.39. The Kier molecular flexibility index (Phi) is 9.00. The van der Waals surface area contributed by atoms with Crippen molar-refractivity contribution in [2.45, 2.75) is 51.7 Å². The monoisotopic (exact) mass is 526 g/mol. The number of carboxylic acid groups (broad SMARTS) is 1. The third kappa shape index (κ3) is 7.21. The zero-order valence-corrected chi connectivity index (χ0v) is 21.8. The summed E-state index contributed by atoms with van der Waals surface area (Å²) in [6.45, 7) is 4.51. The molecule has 1 fully saturated rings. The van der Waals surface area contributed by atoms with Crippen molar-refractivity contribution in [1.82, 2.24) is 9.47 Å². The van der Waals surface area contributed by atoms with Crippen molar-refractivity contribution in [2.75, 3.05) is 13.2 Å². The second kappa shape index (κ2) is 12.4. The van der Waals surface area contributed by atoms with Gasteiger partial charge in [-0.15, -0.1) is 0 Å². The molecule has 0 saturated heterocycles. The number of hydrogen-bond acceptors (Lipinski definition) is 5. The number of carbonyl (C=O) groups is 1. The molecule has 37 heavy (non-hydrogen) atoms. The number of hydrogen-bond donors (Lipinski definition) is 3. The lowest BCUT2D eigenvalue weighted by Crippen LogP contribution is -2.34. The van der Waals surface area contributed by atoms with E-state index in [1.54, 1.807) is 0 Å². The summed E-state index contributed by atoms with van der Waals surface area (Å²) in [5.41, 5.74) is 2.35. The van der Waals surface area contributed by atoms with Crippen molar-refractivity contribution < 1.29 is 24.9 Å². The molecule has 4 rings (SSSR count). The van der Waals surface area contributed by atoms with Gasteiger partial charge in [0.1, 0.15) is 12.4 Å². The zero-order valence-electron chi connectivity index (χ0n) is 21.1. The summed E-state index contributed by atoms with van der Waals surface area (Å²) in [4.78, 5) is 13.8. The molecule has 3 aromatic rings. The standard InChI is InChI=1S/C29H35ClN2O5/c1-20(23-8-10-25(30)11-9-23)31(18-21-2-6-24(7-3-21)29(35)36)19-22-4-12-26(13-5-22)37-17-16-32-27(33)14-15-28(32)34/h4-5,8-15,20-21,24,33-34H,2-3,6-7,16-19H2,1H3,(H,35,36)/t20-,21?,24?/m0/s1. The molecule has 1 aliphatic carbocycles. The first-order valence-electron chi connectivity index (χ1n) is 12.8. The van der Waals surface area contributed by atoms with E-state index in [4.69, 9.17) is 16.3 Å². The largest absolute Gasteiger partial charge is 0.494 e. The van der Waals surface area contributed by atoms with Gasteiger partial charge in [0.15, 0.2) is 11.8 Å². The Morgan fingerprint density at radius 1 is 1.00 bits per heavy atom. The fourth-order valence-electron chi connectivity index (χ4n) is 5.09. The number of aromatic nitrogens is 1. The molecule has 1 aliphatic rings. The van der Waals surface area contributed by atoms with Crippen molar-refractivity contribution in [2.24, 2.45) is 11.8 Å². The average Bonchev–Trinajstić information content (AvgIpc) is 3.22. The fourth-order valence-corrected chi connectivity index (χ4v) is 5.22. The molecule has 7 nitrogen and oxygen atoms in total. The fraction of sp³-hybridized carbons (Fsp3) is 0.414. The second-order valence-corrected chi connectivity index (χ2v) is 10.3. The molecule has 8 heteroatoms. The van der Waals surface area contributed by atoms with E-state index in [0.29, 0.717) is 24.1 Å². The van der Waals surface area contributed by atoms with Crippen LogP contribution in [0.15, 0.2) is 60.7 Å². The van der Waals surface area contributed by atoms with Gasteiger partial charge in [0.25, 0.3) is 0 Å². The van der Waals surface area contributed by atoms with Crippen LogP contribution >= 0.6 is 11.6 Å². The third-order valence-corrected chi connectivity index (χ3v) is 7.67. The molecule has 198 valence electrons. The van der Waals surface area contributed by atoms with Gasteiger partial charge in [0.05, 0.1) is 12.5 Å². The lowest BCUT2D eigenvalue weighted by atomic mass is 9.81. The smallest absolute Gasteiger partial charge is 0.306 e. The number of aromatic hydroxyl groups is 2. The number of ether oxygens (including phenoxy) is 1. The van der Waals surface area contributed by atoms with Crippen molar-refractivity contribution in [1.29, 1.82) is 0 Å². The van der Waals surface area contributed by atoms with Gasteiger partial charge in [-0.3, -0.25) is 14.3 Å². The first-order valence-corrected chi connectivity index (χ1v) is 13.2. The van der Waals surface area contributed by atoms with Crippen LogP contribution in [0.5, 0.6) is 17.5 Å². The van der Waals surface area contributed by atoms with Gasteiger partial charge in [0.2, 0.25) is 0 Å². The van der Waals surface area contributed by atoms with E-state index >= 15 is 0 Å². The lowest BCUT2D eigenvalue weighted by Gasteiger charge is -2.35. The van der Waals surface area contributed by atoms with Crippen molar-refractivity contribution in [3.63, 3.8) is 0 Å². The molecule has 0 aliphatic heterocycles. The minimum Gasteiger partial charge on any atom is -0.494 e. The van der Waals surface area contributed by atoms with E-state index in [-0.39, 0.29) is 23.7 Å². The zero-order chi connectivity index (χ0) is 26.4. The topological polar surface area (TPSA) is 95.2 Å². The Hall–Kier alpha value is -3.16. The molecule has 0 radical (unpaired) electrons. The molecule has 2 aromatic carbocycles. The van der Waals surface area contributed by atoms with E-state index in [9.17, 15) is 20.1 Å². The number of benzene rings is 2. The average molecular weight is 527 g/mol. The molecule has 1 aromatic heterocycles. The number of rotatable bonds is 11. The molecule has 3 N–H and O–H groups in total. The van der Waals surface area contributed by atoms with Gasteiger partial charge in [-0.2, -0.15) is 0 Å². The Morgan fingerprint density at radius 2 is 1.62 bits per heavy atom. The Labute approximate surface area is 222 Å². The first kappa shape index (κ1) is 26.9. The molecule has 0 bridgehead atoms. The van der Waals surface area contributed by atoms with Gasteiger partial charge in [-0.1, -0.05) is 35.9 Å². The third-order valence-electron chi connectivity index (χ3n) is 7.42. The number of nitrogens with zero attached hydrogens (tertiary/aromatic N) is 2. The van der Waals surface area contributed by atoms with Crippen LogP contribution in [0.2, 0.25) is 5.02 Å². The Morgan fingerprint density at radius 3 is 2.22 bits per heavy atom. The maximum Gasteiger partial charge on any atom is 0.306 e. The molecular weight excluding hydrogens is 492 g/mol. The van der Waals surface area contributed by atoms with Crippen molar-refractivity contribution in [3.05, 3.63) is 76.8 Å². The molecule has 0 spiro atoms. The highest BCUT2D eigenvalue weighted by Gasteiger charge is 2.28. The highest BCUT2D eigenvalue weighted by molar-refractivity contribution is 6.30. The summed E-state index contributed by atoms with van der Waals surface area (Å²) >= 11 is 6.12. The van der Waals surface area contributed by atoms with E-state index in [1.165, 1.54) is 22.3 Å². The SMILES string of the molecule is C[C@@H](c1ccc(Cl)cc1)N(Cc1ccc(OCCn2c(O)ccc2O)cc1)CC1CCC(C(=O)O)CC1. The minimum absolute atomic E-state index is 0.00259. The number of carboxylic acids is 1. The van der Waals surface area contributed by atoms with Crippen LogP contribution in [-0.2, 0) is 17.9 Å². The maximum atomic E-state index is 11.4. The van der Waals surface area contributed by atoms with Crippen LogP contribution in [0, 0.1) is 11.8 Å². The quantitative estimate of drug-likeness (QED) is 0.280. The molecule has 1 atom stereocenters. The first-order chi connectivity index (χ1) is 17.8. The van der Waals surface area contributed by atoms with Gasteiger partial charge < -0.3 is 20.1 Å². The van der Waals surface area contributed by atoms with Crippen LogP contribution in [0.25, 0.3) is 0 Å². The van der Waals surface area contributed by atoms with Gasteiger partial charge in [0, 0.05) is 36.3 Å². The lowest BCUT2D eigenvalue weighted by molar-refractivity contribution is -0.143. The summed E-state index contributed by atoms with van der Waals surface area (Å²) in [6, 6.07) is 19.0. The molecule has 0 unspecified atom stereocenters. The van der Waals surface area contributed by atoms with Crippen LogP contribution in [0.4, 0.5) is 0 Å². The van der Waals surface area contributed by atoms with Gasteiger partial charge in [-0.05, 0) is 73.9 Å². The van der Waals surface area contributed by atoms with Gasteiger partial charge >= 0.3 is 5.97 Å². The minimum atomic E-state index is -0.672. The number of halogens is 1. The summed E-state index contributed by atoms with van der Waals surface area (Å²) in [5.74, 6) is 0.310. The highest BCUT2D eigenvalue weighted by Crippen LogP contribution is 2.33. The molecule has 0 amide bonds. The predicted octanol–water partition coefficient (Wildman–Crippen LogP) is 6.09. The molecule has 1 heterocycles. The predicted molar refractivity (Wildman–Crippen MR) is 143 cm³/mol. The van der Waals surface area contributed by atoms with Crippen LogP contribution in [-0.4, -0.2) is 43.9 Å².